The first-order valence-electron chi connectivity index (χ1n) is 7.62. The fourth-order valence-corrected chi connectivity index (χ4v) is 3.16. The molecule has 130 valence electrons. The average molecular weight is 367 g/mol. The molecule has 7 heteroatoms. The van der Waals surface area contributed by atoms with Gasteiger partial charge in [0, 0.05) is 29.4 Å². The second-order valence-electron chi connectivity index (χ2n) is 5.67. The standard InChI is InChI=1S/C18H14ClF3N2O/c19-15-4-2-1-3-13(15)17-11-24(7-8-25-17)16-6-5-12(10-23)9-14(16)18(20,21)22/h1-6,9,17H,7-8,11H2. The van der Waals surface area contributed by atoms with Gasteiger partial charge in [-0.15, -0.1) is 0 Å². The lowest BCUT2D eigenvalue weighted by Crippen LogP contribution is -2.39. The predicted molar refractivity (Wildman–Crippen MR) is 88.5 cm³/mol. The molecule has 3 nitrogen and oxygen atoms in total. The quantitative estimate of drug-likeness (QED) is 0.765. The molecule has 0 aliphatic carbocycles. The first-order chi connectivity index (χ1) is 11.9. The third-order valence-electron chi connectivity index (χ3n) is 4.09. The van der Waals surface area contributed by atoms with E-state index in [0.29, 0.717) is 11.6 Å². The van der Waals surface area contributed by atoms with Crippen LogP contribution in [-0.2, 0) is 10.9 Å². The molecule has 1 atom stereocenters. The molecule has 0 N–H and O–H groups in total. The van der Waals surface area contributed by atoms with Crippen LogP contribution in [0.4, 0.5) is 18.9 Å². The van der Waals surface area contributed by atoms with Crippen LogP contribution in [-0.4, -0.2) is 19.7 Å². The maximum atomic E-state index is 13.4. The minimum absolute atomic E-state index is 0.0213. The van der Waals surface area contributed by atoms with Gasteiger partial charge in [0.1, 0.15) is 6.10 Å². The van der Waals surface area contributed by atoms with Crippen molar-refractivity contribution in [3.8, 4) is 6.07 Å². The van der Waals surface area contributed by atoms with Crippen LogP contribution in [0, 0.1) is 11.3 Å². The molecule has 0 spiro atoms. The van der Waals surface area contributed by atoms with Gasteiger partial charge in [-0.05, 0) is 24.3 Å². The SMILES string of the molecule is N#Cc1ccc(N2CCOC(c3ccccc3Cl)C2)c(C(F)(F)F)c1. The van der Waals surface area contributed by atoms with E-state index in [2.05, 4.69) is 0 Å². The zero-order valence-electron chi connectivity index (χ0n) is 13.1. The van der Waals surface area contributed by atoms with Crippen LogP contribution in [0.15, 0.2) is 42.5 Å². The summed E-state index contributed by atoms with van der Waals surface area (Å²) >= 11 is 6.18. The van der Waals surface area contributed by atoms with Crippen LogP contribution in [0.2, 0.25) is 5.02 Å². The van der Waals surface area contributed by atoms with Gasteiger partial charge >= 0.3 is 6.18 Å². The Morgan fingerprint density at radius 2 is 1.96 bits per heavy atom. The van der Waals surface area contributed by atoms with Gasteiger partial charge in [0.05, 0.1) is 23.8 Å². The van der Waals surface area contributed by atoms with E-state index in [4.69, 9.17) is 21.6 Å². The Labute approximate surface area is 148 Å². The summed E-state index contributed by atoms with van der Waals surface area (Å²) in [7, 11) is 0. The van der Waals surface area contributed by atoms with Crippen LogP contribution >= 0.6 is 11.6 Å². The number of anilines is 1. The van der Waals surface area contributed by atoms with E-state index >= 15 is 0 Å². The lowest BCUT2D eigenvalue weighted by atomic mass is 10.0. The zero-order valence-corrected chi connectivity index (χ0v) is 13.8. The molecule has 1 unspecified atom stereocenters. The number of nitriles is 1. The number of benzene rings is 2. The first-order valence-corrected chi connectivity index (χ1v) is 8.00. The van der Waals surface area contributed by atoms with Crippen molar-refractivity contribution >= 4 is 17.3 Å². The number of halogens is 4. The van der Waals surface area contributed by atoms with E-state index in [-0.39, 0.29) is 24.4 Å². The van der Waals surface area contributed by atoms with Gasteiger partial charge in [-0.2, -0.15) is 18.4 Å². The highest BCUT2D eigenvalue weighted by atomic mass is 35.5. The molecule has 1 heterocycles. The number of rotatable bonds is 2. The van der Waals surface area contributed by atoms with Crippen LogP contribution in [0.5, 0.6) is 0 Å². The molecule has 0 aromatic heterocycles. The summed E-state index contributed by atoms with van der Waals surface area (Å²) in [5.41, 5.74) is -0.0405. The van der Waals surface area contributed by atoms with Crippen molar-refractivity contribution in [3.63, 3.8) is 0 Å². The molecule has 1 aliphatic rings. The second kappa shape index (κ2) is 6.95. The number of ether oxygens (including phenoxy) is 1. The molecular formula is C18H14ClF3N2O. The van der Waals surface area contributed by atoms with Gasteiger partial charge < -0.3 is 9.64 Å². The Kier molecular flexibility index (Phi) is 4.89. The van der Waals surface area contributed by atoms with Gasteiger partial charge in [0.2, 0.25) is 0 Å². The fraction of sp³-hybridized carbons (Fsp3) is 0.278. The molecule has 1 saturated heterocycles. The summed E-state index contributed by atoms with van der Waals surface area (Å²) in [5.74, 6) is 0. The number of hydrogen-bond donors (Lipinski definition) is 0. The van der Waals surface area contributed by atoms with Crippen LogP contribution in [0.25, 0.3) is 0 Å². The molecule has 25 heavy (non-hydrogen) atoms. The van der Waals surface area contributed by atoms with Gasteiger partial charge in [-0.3, -0.25) is 0 Å². The van der Waals surface area contributed by atoms with E-state index < -0.39 is 17.8 Å². The van der Waals surface area contributed by atoms with Crippen LogP contribution in [0.1, 0.15) is 22.8 Å². The molecule has 0 radical (unpaired) electrons. The highest BCUT2D eigenvalue weighted by molar-refractivity contribution is 6.31. The lowest BCUT2D eigenvalue weighted by molar-refractivity contribution is -0.137. The molecular weight excluding hydrogens is 353 g/mol. The number of nitrogens with zero attached hydrogens (tertiary/aromatic N) is 2. The van der Waals surface area contributed by atoms with Crippen LogP contribution in [0.3, 0.4) is 0 Å². The third-order valence-corrected chi connectivity index (χ3v) is 4.43. The van der Waals surface area contributed by atoms with Gasteiger partial charge in [-0.25, -0.2) is 0 Å². The summed E-state index contributed by atoms with van der Waals surface area (Å²) in [5, 5.41) is 9.40. The Hall–Kier alpha value is -2.23. The van der Waals surface area contributed by atoms with Crippen molar-refractivity contribution < 1.29 is 17.9 Å². The molecule has 0 amide bonds. The van der Waals surface area contributed by atoms with Crippen molar-refractivity contribution in [2.75, 3.05) is 24.6 Å². The molecule has 1 fully saturated rings. The van der Waals surface area contributed by atoms with E-state index in [9.17, 15) is 13.2 Å². The lowest BCUT2D eigenvalue weighted by Gasteiger charge is -2.36. The third kappa shape index (κ3) is 3.73. The molecule has 0 bridgehead atoms. The average Bonchev–Trinajstić information content (AvgIpc) is 2.61. The monoisotopic (exact) mass is 366 g/mol. The highest BCUT2D eigenvalue weighted by Gasteiger charge is 2.36. The summed E-state index contributed by atoms with van der Waals surface area (Å²) in [6, 6.07) is 12.5. The maximum Gasteiger partial charge on any atom is 0.418 e. The van der Waals surface area contributed by atoms with E-state index in [1.54, 1.807) is 29.2 Å². The normalized spacial score (nSPS) is 18.0. The zero-order chi connectivity index (χ0) is 18.0. The largest absolute Gasteiger partial charge is 0.418 e. The molecule has 0 saturated carbocycles. The summed E-state index contributed by atoms with van der Waals surface area (Å²) in [4.78, 5) is 1.63. The Morgan fingerprint density at radius 3 is 2.64 bits per heavy atom. The molecule has 2 aromatic rings. The predicted octanol–water partition coefficient (Wildman–Crippen LogP) is 4.81. The number of hydrogen-bond acceptors (Lipinski definition) is 3. The van der Waals surface area contributed by atoms with E-state index in [0.717, 1.165) is 11.6 Å². The Bertz CT molecular complexity index is 817. The molecule has 2 aromatic carbocycles. The summed E-state index contributed by atoms with van der Waals surface area (Å²) in [6.45, 7) is 0.863. The molecule has 3 rings (SSSR count). The smallest absolute Gasteiger partial charge is 0.370 e. The first kappa shape index (κ1) is 17.6. The van der Waals surface area contributed by atoms with E-state index in [1.165, 1.54) is 12.1 Å². The van der Waals surface area contributed by atoms with Crippen molar-refractivity contribution in [2.45, 2.75) is 12.3 Å². The summed E-state index contributed by atoms with van der Waals surface area (Å²) in [6.07, 6.45) is -4.96. The van der Waals surface area contributed by atoms with Crippen molar-refractivity contribution in [3.05, 3.63) is 64.2 Å². The van der Waals surface area contributed by atoms with Gasteiger partial charge in [-0.1, -0.05) is 29.8 Å². The second-order valence-corrected chi connectivity index (χ2v) is 6.08. The number of morpholine rings is 1. The van der Waals surface area contributed by atoms with E-state index in [1.807, 2.05) is 6.07 Å². The minimum Gasteiger partial charge on any atom is -0.370 e. The topological polar surface area (TPSA) is 36.3 Å². The Balaban J connectivity index is 1.94. The Morgan fingerprint density at radius 1 is 1.20 bits per heavy atom. The summed E-state index contributed by atoms with van der Waals surface area (Å²) < 4.78 is 46.0. The van der Waals surface area contributed by atoms with Gasteiger partial charge in [0.25, 0.3) is 0 Å². The van der Waals surface area contributed by atoms with Gasteiger partial charge in [0.15, 0.2) is 0 Å². The number of alkyl halides is 3. The van der Waals surface area contributed by atoms with Crippen molar-refractivity contribution in [2.24, 2.45) is 0 Å². The fourth-order valence-electron chi connectivity index (χ4n) is 2.90. The highest BCUT2D eigenvalue weighted by Crippen LogP contribution is 2.39. The van der Waals surface area contributed by atoms with Crippen molar-refractivity contribution in [1.82, 2.24) is 0 Å². The van der Waals surface area contributed by atoms with Crippen molar-refractivity contribution in [1.29, 1.82) is 5.26 Å². The maximum absolute atomic E-state index is 13.4. The van der Waals surface area contributed by atoms with Crippen LogP contribution < -0.4 is 4.90 Å². The minimum atomic E-state index is -4.54. The molecule has 1 aliphatic heterocycles.